The Morgan fingerprint density at radius 3 is 2.80 bits per heavy atom. The van der Waals surface area contributed by atoms with Crippen LogP contribution in [-0.2, 0) is 11.3 Å². The van der Waals surface area contributed by atoms with Crippen molar-refractivity contribution in [2.75, 3.05) is 0 Å². The van der Waals surface area contributed by atoms with Gasteiger partial charge in [0.15, 0.2) is 5.76 Å². The third kappa shape index (κ3) is 4.96. The van der Waals surface area contributed by atoms with Crippen LogP contribution >= 0.6 is 27.7 Å². The zero-order valence-corrected chi connectivity index (χ0v) is 16.0. The Morgan fingerprint density at radius 2 is 2.04 bits per heavy atom. The molecule has 0 aliphatic heterocycles. The average molecular weight is 417 g/mol. The van der Waals surface area contributed by atoms with Gasteiger partial charge in [0.25, 0.3) is 5.22 Å². The summed E-state index contributed by atoms with van der Waals surface area (Å²) in [6.07, 6.45) is 1.68. The quantitative estimate of drug-likeness (QED) is 0.580. The van der Waals surface area contributed by atoms with Crippen molar-refractivity contribution in [3.8, 4) is 11.3 Å². The molecule has 25 heavy (non-hydrogen) atoms. The first-order chi connectivity index (χ1) is 12.1. The minimum absolute atomic E-state index is 0.0453. The maximum atomic E-state index is 12.2. The monoisotopic (exact) mass is 416 g/mol. The molecule has 1 atom stereocenters. The van der Waals surface area contributed by atoms with Crippen molar-refractivity contribution in [3.05, 3.63) is 70.8 Å². The van der Waals surface area contributed by atoms with E-state index in [0.717, 1.165) is 15.6 Å². The van der Waals surface area contributed by atoms with Crippen LogP contribution in [0.4, 0.5) is 0 Å². The van der Waals surface area contributed by atoms with E-state index in [1.54, 1.807) is 6.20 Å². The van der Waals surface area contributed by atoms with Gasteiger partial charge in [-0.2, -0.15) is 0 Å². The predicted octanol–water partition coefficient (Wildman–Crippen LogP) is 4.90. The van der Waals surface area contributed by atoms with Gasteiger partial charge in [-0.05, 0) is 24.6 Å². The third-order valence-electron chi connectivity index (χ3n) is 3.55. The normalized spacial score (nSPS) is 11.9. The number of rotatable bonds is 6. The molecule has 1 heterocycles. The number of aromatic nitrogens is 1. The number of nitrogens with one attached hydrogen (secondary N) is 1. The van der Waals surface area contributed by atoms with Crippen molar-refractivity contribution >= 4 is 33.6 Å². The van der Waals surface area contributed by atoms with Crippen molar-refractivity contribution in [2.45, 2.75) is 23.9 Å². The molecule has 1 aromatic heterocycles. The summed E-state index contributed by atoms with van der Waals surface area (Å²) >= 11 is 4.75. The van der Waals surface area contributed by atoms with Crippen LogP contribution in [0, 0.1) is 0 Å². The van der Waals surface area contributed by atoms with Crippen molar-refractivity contribution in [1.82, 2.24) is 10.3 Å². The molecular weight excluding hydrogens is 400 g/mol. The summed E-state index contributed by atoms with van der Waals surface area (Å²) in [6, 6.07) is 17.6. The molecule has 4 nitrogen and oxygen atoms in total. The molecule has 0 fully saturated rings. The summed E-state index contributed by atoms with van der Waals surface area (Å²) in [6.45, 7) is 2.35. The molecule has 0 saturated heterocycles. The average Bonchev–Trinajstić information content (AvgIpc) is 3.09. The fraction of sp³-hybridized carbons (Fsp3) is 0.158. The fourth-order valence-electron chi connectivity index (χ4n) is 2.22. The third-order valence-corrected chi connectivity index (χ3v) is 5.00. The first-order valence-electron chi connectivity index (χ1n) is 7.82. The number of hydrogen-bond acceptors (Lipinski definition) is 4. The van der Waals surface area contributed by atoms with E-state index in [-0.39, 0.29) is 11.2 Å². The van der Waals surface area contributed by atoms with Crippen LogP contribution in [0.2, 0.25) is 0 Å². The number of oxazole rings is 1. The van der Waals surface area contributed by atoms with Gasteiger partial charge in [-0.25, -0.2) is 4.98 Å². The van der Waals surface area contributed by atoms with E-state index in [1.165, 1.54) is 11.8 Å². The van der Waals surface area contributed by atoms with Gasteiger partial charge in [0.1, 0.15) is 0 Å². The van der Waals surface area contributed by atoms with Crippen molar-refractivity contribution in [2.24, 2.45) is 0 Å². The zero-order chi connectivity index (χ0) is 17.6. The highest BCUT2D eigenvalue weighted by atomic mass is 79.9. The summed E-state index contributed by atoms with van der Waals surface area (Å²) in [5.74, 6) is 0.636. The topological polar surface area (TPSA) is 55.1 Å². The molecular formula is C19H17BrN2O2S. The lowest BCUT2D eigenvalue weighted by Crippen LogP contribution is -2.30. The molecule has 3 rings (SSSR count). The van der Waals surface area contributed by atoms with Gasteiger partial charge in [-0.15, -0.1) is 0 Å². The minimum Gasteiger partial charge on any atom is -0.431 e. The molecule has 0 spiro atoms. The second kappa shape index (κ2) is 8.36. The van der Waals surface area contributed by atoms with E-state index in [1.807, 2.05) is 61.5 Å². The molecule has 1 N–H and O–H groups in total. The molecule has 0 aliphatic rings. The predicted molar refractivity (Wildman–Crippen MR) is 103 cm³/mol. The lowest BCUT2D eigenvalue weighted by molar-refractivity contribution is -0.120. The van der Waals surface area contributed by atoms with Gasteiger partial charge >= 0.3 is 0 Å². The number of amides is 1. The minimum atomic E-state index is -0.294. The largest absolute Gasteiger partial charge is 0.431 e. The number of benzene rings is 2. The number of carbonyl (C=O) groups excluding carboxylic acids is 1. The van der Waals surface area contributed by atoms with Crippen LogP contribution in [0.3, 0.4) is 0 Å². The van der Waals surface area contributed by atoms with E-state index in [9.17, 15) is 4.79 Å². The van der Waals surface area contributed by atoms with E-state index < -0.39 is 0 Å². The molecule has 128 valence electrons. The maximum Gasteiger partial charge on any atom is 0.256 e. The van der Waals surface area contributed by atoms with Gasteiger partial charge in [-0.1, -0.05) is 70.2 Å². The number of carbonyl (C=O) groups is 1. The molecule has 1 amide bonds. The van der Waals surface area contributed by atoms with E-state index in [2.05, 4.69) is 26.2 Å². The van der Waals surface area contributed by atoms with Gasteiger partial charge in [0.05, 0.1) is 11.4 Å². The van der Waals surface area contributed by atoms with Crippen LogP contribution in [0.25, 0.3) is 11.3 Å². The highest BCUT2D eigenvalue weighted by Gasteiger charge is 2.17. The Balaban J connectivity index is 1.57. The molecule has 0 aliphatic carbocycles. The van der Waals surface area contributed by atoms with Gasteiger partial charge in [0.2, 0.25) is 5.91 Å². The summed E-state index contributed by atoms with van der Waals surface area (Å²) in [4.78, 5) is 16.5. The number of hydrogen-bond donors (Lipinski definition) is 1. The number of halogens is 1. The van der Waals surface area contributed by atoms with Crippen molar-refractivity contribution in [3.63, 3.8) is 0 Å². The van der Waals surface area contributed by atoms with Crippen LogP contribution < -0.4 is 5.32 Å². The van der Waals surface area contributed by atoms with Crippen LogP contribution in [-0.4, -0.2) is 16.1 Å². The Kier molecular flexibility index (Phi) is 5.94. The first kappa shape index (κ1) is 17.8. The Morgan fingerprint density at radius 1 is 1.24 bits per heavy atom. The summed E-state index contributed by atoms with van der Waals surface area (Å²) in [5, 5.41) is 3.12. The van der Waals surface area contributed by atoms with Gasteiger partial charge in [-0.3, -0.25) is 4.79 Å². The SMILES string of the molecule is CC(Sc1ncc(-c2cccc(Br)c2)o1)C(=O)NCc1ccccc1. The maximum absolute atomic E-state index is 12.2. The Labute approximate surface area is 159 Å². The second-order valence-corrected chi connectivity index (χ2v) is 7.67. The van der Waals surface area contributed by atoms with Crippen molar-refractivity contribution < 1.29 is 9.21 Å². The summed E-state index contributed by atoms with van der Waals surface area (Å²) < 4.78 is 6.74. The van der Waals surface area contributed by atoms with Crippen molar-refractivity contribution in [1.29, 1.82) is 0 Å². The highest BCUT2D eigenvalue weighted by Crippen LogP contribution is 2.29. The first-order valence-corrected chi connectivity index (χ1v) is 9.49. The number of thioether (sulfide) groups is 1. The van der Waals surface area contributed by atoms with Gasteiger partial charge in [0, 0.05) is 16.6 Å². The van der Waals surface area contributed by atoms with Gasteiger partial charge < -0.3 is 9.73 Å². The number of nitrogens with zero attached hydrogens (tertiary/aromatic N) is 1. The molecule has 0 bridgehead atoms. The second-order valence-electron chi connectivity index (χ2n) is 5.46. The van der Waals surface area contributed by atoms with Crippen LogP contribution in [0.1, 0.15) is 12.5 Å². The zero-order valence-electron chi connectivity index (χ0n) is 13.6. The van der Waals surface area contributed by atoms with E-state index >= 15 is 0 Å². The lowest BCUT2D eigenvalue weighted by atomic mass is 10.2. The van der Waals surface area contributed by atoms with Crippen LogP contribution in [0.5, 0.6) is 0 Å². The van der Waals surface area contributed by atoms with Crippen LogP contribution in [0.15, 0.2) is 74.9 Å². The Bertz CT molecular complexity index is 851. The standard InChI is InChI=1S/C19H17BrN2O2S/c1-13(18(23)21-11-14-6-3-2-4-7-14)25-19-22-12-17(24-19)15-8-5-9-16(20)10-15/h2-10,12-13H,11H2,1H3,(H,21,23). The summed E-state index contributed by atoms with van der Waals surface area (Å²) in [5.41, 5.74) is 2.01. The summed E-state index contributed by atoms with van der Waals surface area (Å²) in [7, 11) is 0. The van der Waals surface area contributed by atoms with E-state index in [0.29, 0.717) is 17.5 Å². The molecule has 2 aromatic carbocycles. The smallest absolute Gasteiger partial charge is 0.256 e. The fourth-order valence-corrected chi connectivity index (χ4v) is 3.36. The molecule has 3 aromatic rings. The van der Waals surface area contributed by atoms with E-state index in [4.69, 9.17) is 4.42 Å². The highest BCUT2D eigenvalue weighted by molar-refractivity contribution is 9.10. The lowest BCUT2D eigenvalue weighted by Gasteiger charge is -2.10. The molecule has 0 saturated carbocycles. The molecule has 1 unspecified atom stereocenters. The molecule has 6 heteroatoms. The molecule has 0 radical (unpaired) electrons. The Hall–Kier alpha value is -2.05.